The average Bonchev–Trinajstić information content (AvgIpc) is 2.65. The van der Waals surface area contributed by atoms with E-state index in [1.54, 1.807) is 7.11 Å². The number of carbonyl (C=O) groups excluding carboxylic acids is 1. The molecule has 0 spiro atoms. The van der Waals surface area contributed by atoms with Crippen LogP contribution < -0.4 is 0 Å². The van der Waals surface area contributed by atoms with Crippen molar-refractivity contribution in [3.8, 4) is 0 Å². The van der Waals surface area contributed by atoms with Gasteiger partial charge in [0.05, 0.1) is 12.3 Å². The van der Waals surface area contributed by atoms with E-state index in [0.29, 0.717) is 24.9 Å². The summed E-state index contributed by atoms with van der Waals surface area (Å²) >= 11 is 0. The predicted octanol–water partition coefficient (Wildman–Crippen LogP) is 2.37. The maximum absolute atomic E-state index is 12.9. The Kier molecular flexibility index (Phi) is 6.59. The van der Waals surface area contributed by atoms with E-state index in [1.165, 1.54) is 0 Å². The monoisotopic (exact) mass is 360 g/mol. The van der Waals surface area contributed by atoms with Crippen molar-refractivity contribution < 1.29 is 9.53 Å². The molecule has 6 nitrogen and oxygen atoms in total. The molecule has 1 atom stereocenters. The minimum absolute atomic E-state index is 0.289. The van der Waals surface area contributed by atoms with Crippen LogP contribution in [0.3, 0.4) is 0 Å². The molecule has 2 fully saturated rings. The third-order valence-corrected chi connectivity index (χ3v) is 5.78. The second-order valence-electron chi connectivity index (χ2n) is 7.89. The number of hydrogen-bond acceptors (Lipinski definition) is 5. The Morgan fingerprint density at radius 1 is 1.27 bits per heavy atom. The van der Waals surface area contributed by atoms with Crippen LogP contribution in [0.15, 0.2) is 6.20 Å². The summed E-state index contributed by atoms with van der Waals surface area (Å²) in [4.78, 5) is 26.3. The first-order valence-corrected chi connectivity index (χ1v) is 9.84. The van der Waals surface area contributed by atoms with Crippen molar-refractivity contribution in [3.05, 3.63) is 23.3 Å². The Hall–Kier alpha value is -1.53. The highest BCUT2D eigenvalue weighted by atomic mass is 16.5. The smallest absolute Gasteiger partial charge is 0.222 e. The van der Waals surface area contributed by atoms with Crippen molar-refractivity contribution in [2.24, 2.45) is 5.92 Å². The normalized spacial score (nSPS) is 22.6. The number of aryl methyl sites for hydroxylation is 1. The molecule has 6 heteroatoms. The molecule has 1 aromatic heterocycles. The minimum Gasteiger partial charge on any atom is -0.380 e. The molecular weight excluding hydrogens is 328 g/mol. The summed E-state index contributed by atoms with van der Waals surface area (Å²) in [5.41, 5.74) is 2.11. The lowest BCUT2D eigenvalue weighted by Gasteiger charge is -2.35. The molecule has 0 N–H and O–H groups in total. The van der Waals surface area contributed by atoms with E-state index < -0.39 is 0 Å². The molecule has 2 aliphatic heterocycles. The van der Waals surface area contributed by atoms with E-state index >= 15 is 0 Å². The van der Waals surface area contributed by atoms with Crippen LogP contribution in [0.2, 0.25) is 0 Å². The lowest BCUT2D eigenvalue weighted by molar-refractivity contribution is -0.133. The fourth-order valence-corrected chi connectivity index (χ4v) is 4.20. The van der Waals surface area contributed by atoms with Gasteiger partial charge in [0, 0.05) is 44.3 Å². The lowest BCUT2D eigenvalue weighted by Crippen LogP contribution is -2.41. The van der Waals surface area contributed by atoms with Gasteiger partial charge in [-0.05, 0) is 58.7 Å². The van der Waals surface area contributed by atoms with Gasteiger partial charge < -0.3 is 14.5 Å². The van der Waals surface area contributed by atoms with Crippen LogP contribution in [0.4, 0.5) is 0 Å². The Morgan fingerprint density at radius 3 is 2.77 bits per heavy atom. The molecule has 144 valence electrons. The van der Waals surface area contributed by atoms with Crippen LogP contribution in [0.1, 0.15) is 55.1 Å². The van der Waals surface area contributed by atoms with Crippen LogP contribution in [0.5, 0.6) is 0 Å². The molecule has 3 rings (SSSR count). The van der Waals surface area contributed by atoms with Gasteiger partial charge in [-0.1, -0.05) is 0 Å². The Balaban J connectivity index is 1.64. The molecule has 1 unspecified atom stereocenters. The van der Waals surface area contributed by atoms with Crippen LogP contribution in [0, 0.1) is 12.8 Å². The van der Waals surface area contributed by atoms with Crippen molar-refractivity contribution in [1.29, 1.82) is 0 Å². The topological polar surface area (TPSA) is 58.6 Å². The fraction of sp³-hybridized carbons (Fsp3) is 0.750. The zero-order valence-electron chi connectivity index (χ0n) is 16.4. The summed E-state index contributed by atoms with van der Waals surface area (Å²) in [7, 11) is 3.86. The molecule has 26 heavy (non-hydrogen) atoms. The van der Waals surface area contributed by atoms with Gasteiger partial charge in [0.2, 0.25) is 5.91 Å². The number of aromatic nitrogens is 2. The lowest BCUT2D eigenvalue weighted by atomic mass is 9.90. The molecule has 3 heterocycles. The van der Waals surface area contributed by atoms with Crippen LogP contribution in [0.25, 0.3) is 0 Å². The van der Waals surface area contributed by atoms with Gasteiger partial charge in [-0.25, -0.2) is 9.97 Å². The first-order valence-electron chi connectivity index (χ1n) is 9.84. The third-order valence-electron chi connectivity index (χ3n) is 5.78. The minimum atomic E-state index is 0.289. The van der Waals surface area contributed by atoms with Crippen molar-refractivity contribution in [2.75, 3.05) is 40.3 Å². The first kappa shape index (κ1) is 19.2. The number of nitrogens with zero attached hydrogens (tertiary/aromatic N) is 4. The number of methoxy groups -OCH3 is 1. The van der Waals surface area contributed by atoms with Crippen molar-refractivity contribution in [3.63, 3.8) is 0 Å². The number of carbonyl (C=O) groups is 1. The van der Waals surface area contributed by atoms with E-state index in [1.807, 2.05) is 13.1 Å². The largest absolute Gasteiger partial charge is 0.380 e. The van der Waals surface area contributed by atoms with Crippen LogP contribution in [-0.2, 0) is 16.1 Å². The molecule has 1 aromatic rings. The van der Waals surface area contributed by atoms with Gasteiger partial charge in [0.25, 0.3) is 0 Å². The summed E-state index contributed by atoms with van der Waals surface area (Å²) in [6, 6.07) is 0. The van der Waals surface area contributed by atoms with Gasteiger partial charge in [-0.3, -0.25) is 4.79 Å². The number of likely N-dealkylation sites (tertiary alicyclic amines) is 2. The summed E-state index contributed by atoms with van der Waals surface area (Å²) in [5, 5.41) is 0. The van der Waals surface area contributed by atoms with E-state index in [9.17, 15) is 4.79 Å². The molecule has 0 radical (unpaired) electrons. The molecule has 0 aliphatic carbocycles. The SMILES string of the molecule is COCc1cnc(C)nc1C1CCCN(C(=O)CC2CCN(C)CC2)C1. The standard InChI is InChI=1S/C20H32N4O2/c1-15-21-12-18(14-26-3)20(22-15)17-5-4-8-24(13-17)19(25)11-16-6-9-23(2)10-7-16/h12,16-17H,4-11,13-14H2,1-3H3. The summed E-state index contributed by atoms with van der Waals surface area (Å²) in [6.45, 7) is 6.33. The summed E-state index contributed by atoms with van der Waals surface area (Å²) in [5.74, 6) is 1.94. The van der Waals surface area contributed by atoms with E-state index in [4.69, 9.17) is 9.72 Å². The Bertz CT molecular complexity index is 614. The van der Waals surface area contributed by atoms with Gasteiger partial charge in [0.15, 0.2) is 0 Å². The summed E-state index contributed by atoms with van der Waals surface area (Å²) in [6.07, 6.45) is 6.98. The van der Waals surface area contributed by atoms with Gasteiger partial charge >= 0.3 is 0 Å². The zero-order chi connectivity index (χ0) is 18.5. The molecule has 2 aliphatic rings. The zero-order valence-corrected chi connectivity index (χ0v) is 16.4. The third kappa shape index (κ3) is 4.80. The molecule has 0 saturated carbocycles. The fourth-order valence-electron chi connectivity index (χ4n) is 4.20. The van der Waals surface area contributed by atoms with Crippen LogP contribution >= 0.6 is 0 Å². The van der Waals surface area contributed by atoms with Gasteiger partial charge in [0.1, 0.15) is 5.82 Å². The van der Waals surface area contributed by atoms with E-state index in [0.717, 1.165) is 68.9 Å². The maximum atomic E-state index is 12.9. The second-order valence-corrected chi connectivity index (χ2v) is 7.89. The number of piperidine rings is 2. The predicted molar refractivity (Wildman–Crippen MR) is 101 cm³/mol. The second kappa shape index (κ2) is 8.91. The molecule has 1 amide bonds. The molecule has 0 aromatic carbocycles. The number of ether oxygens (including phenoxy) is 1. The molecule has 0 bridgehead atoms. The highest BCUT2D eigenvalue weighted by Gasteiger charge is 2.29. The quantitative estimate of drug-likeness (QED) is 0.807. The Labute approximate surface area is 156 Å². The number of amides is 1. The Morgan fingerprint density at radius 2 is 2.04 bits per heavy atom. The van der Waals surface area contributed by atoms with Gasteiger partial charge in [-0.2, -0.15) is 0 Å². The molecular formula is C20H32N4O2. The van der Waals surface area contributed by atoms with E-state index in [2.05, 4.69) is 21.8 Å². The maximum Gasteiger partial charge on any atom is 0.222 e. The van der Waals surface area contributed by atoms with Crippen molar-refractivity contribution in [1.82, 2.24) is 19.8 Å². The molecule has 2 saturated heterocycles. The summed E-state index contributed by atoms with van der Waals surface area (Å²) < 4.78 is 5.32. The highest BCUT2D eigenvalue weighted by molar-refractivity contribution is 5.76. The van der Waals surface area contributed by atoms with Crippen LogP contribution in [-0.4, -0.2) is 66.0 Å². The van der Waals surface area contributed by atoms with Gasteiger partial charge in [-0.15, -0.1) is 0 Å². The number of rotatable bonds is 5. The average molecular weight is 361 g/mol. The van der Waals surface area contributed by atoms with Crippen molar-refractivity contribution in [2.45, 2.75) is 51.6 Å². The number of hydrogen-bond donors (Lipinski definition) is 0. The highest BCUT2D eigenvalue weighted by Crippen LogP contribution is 2.29. The van der Waals surface area contributed by atoms with E-state index in [-0.39, 0.29) is 5.92 Å². The first-order chi connectivity index (χ1) is 12.6. The van der Waals surface area contributed by atoms with Crippen molar-refractivity contribution >= 4 is 5.91 Å².